The molecule has 0 aliphatic heterocycles. The first-order chi connectivity index (χ1) is 8.69. The average Bonchev–Trinajstić information content (AvgIpc) is 2.40. The monoisotopic (exact) mass is 260 g/mol. The summed E-state index contributed by atoms with van der Waals surface area (Å²) in [6, 6.07) is 10.6. The molecule has 2 rings (SSSR count). The van der Waals surface area contributed by atoms with E-state index in [1.807, 2.05) is 0 Å². The molecule has 0 spiro atoms. The minimum Gasteiger partial charge on any atom is -0.439 e. The van der Waals surface area contributed by atoms with Crippen LogP contribution in [0.1, 0.15) is 11.1 Å². The highest BCUT2D eigenvalue weighted by atomic mass is 32.1. The van der Waals surface area contributed by atoms with Crippen LogP contribution < -0.4 is 10.5 Å². The van der Waals surface area contributed by atoms with Gasteiger partial charge in [-0.15, -0.1) is 0 Å². The molecule has 5 heteroatoms. The third-order valence-electron chi connectivity index (χ3n) is 2.35. The van der Waals surface area contributed by atoms with Crippen molar-refractivity contribution in [2.24, 2.45) is 5.73 Å². The van der Waals surface area contributed by atoms with Crippen molar-refractivity contribution in [2.45, 2.75) is 6.61 Å². The van der Waals surface area contributed by atoms with Gasteiger partial charge in [-0.05, 0) is 23.8 Å². The van der Waals surface area contributed by atoms with Gasteiger partial charge in [0, 0.05) is 17.8 Å². The molecule has 1 heterocycles. The number of nitrogens with zero attached hydrogens (tertiary/aromatic N) is 1. The van der Waals surface area contributed by atoms with E-state index >= 15 is 0 Å². The molecular weight excluding hydrogens is 248 g/mol. The van der Waals surface area contributed by atoms with Crippen LogP contribution in [0.4, 0.5) is 0 Å². The van der Waals surface area contributed by atoms with E-state index in [0.717, 1.165) is 5.56 Å². The fraction of sp³-hybridized carbons (Fsp3) is 0.0769. The van der Waals surface area contributed by atoms with Crippen LogP contribution in [0.15, 0.2) is 42.6 Å². The Hall–Kier alpha value is -1.98. The number of pyridine rings is 1. The second kappa shape index (κ2) is 5.57. The lowest BCUT2D eigenvalue weighted by Crippen LogP contribution is -2.09. The van der Waals surface area contributed by atoms with E-state index in [9.17, 15) is 0 Å². The van der Waals surface area contributed by atoms with Crippen molar-refractivity contribution >= 4 is 17.2 Å². The Morgan fingerprint density at radius 1 is 1.22 bits per heavy atom. The quantitative estimate of drug-likeness (QED) is 0.823. The van der Waals surface area contributed by atoms with Gasteiger partial charge in [-0.2, -0.15) is 0 Å². The molecule has 1 aromatic carbocycles. The fourth-order valence-corrected chi connectivity index (χ4v) is 1.49. The second-order valence-electron chi connectivity index (χ2n) is 3.65. The third kappa shape index (κ3) is 3.03. The molecule has 0 amide bonds. The Balaban J connectivity index is 2.10. The Morgan fingerprint density at radius 3 is 2.44 bits per heavy atom. The van der Waals surface area contributed by atoms with E-state index in [1.54, 1.807) is 42.6 Å². The Labute approximate surface area is 110 Å². The summed E-state index contributed by atoms with van der Waals surface area (Å²) < 4.78 is 5.54. The molecule has 3 N–H and O–H groups in total. The van der Waals surface area contributed by atoms with E-state index in [4.69, 9.17) is 27.8 Å². The Bertz CT molecular complexity index is 538. The van der Waals surface area contributed by atoms with Crippen molar-refractivity contribution in [2.75, 3.05) is 0 Å². The van der Waals surface area contributed by atoms with Crippen LogP contribution in [-0.4, -0.2) is 15.1 Å². The highest BCUT2D eigenvalue weighted by Gasteiger charge is 2.01. The van der Waals surface area contributed by atoms with Gasteiger partial charge in [0.05, 0.1) is 6.61 Å². The van der Waals surface area contributed by atoms with E-state index in [2.05, 4.69) is 4.98 Å². The molecule has 0 saturated heterocycles. The predicted octanol–water partition coefficient (Wildman–Crippen LogP) is 2.00. The molecule has 92 valence electrons. The molecule has 0 aliphatic rings. The zero-order chi connectivity index (χ0) is 13.0. The third-order valence-corrected chi connectivity index (χ3v) is 2.58. The number of aliphatic hydroxyl groups excluding tert-OH is 1. The molecule has 2 aromatic rings. The normalized spacial score (nSPS) is 10.1. The van der Waals surface area contributed by atoms with Crippen LogP contribution in [0.25, 0.3) is 0 Å². The van der Waals surface area contributed by atoms with E-state index in [1.165, 1.54) is 0 Å². The summed E-state index contributed by atoms with van der Waals surface area (Å²) in [4.78, 5) is 4.41. The van der Waals surface area contributed by atoms with Crippen LogP contribution in [0.2, 0.25) is 0 Å². The number of nitrogens with two attached hydrogens (primary N) is 1. The Morgan fingerprint density at radius 2 is 1.94 bits per heavy atom. The minimum absolute atomic E-state index is 0.0151. The number of rotatable bonds is 4. The van der Waals surface area contributed by atoms with Crippen LogP contribution in [0, 0.1) is 0 Å². The molecule has 0 atom stereocenters. The van der Waals surface area contributed by atoms with Gasteiger partial charge in [0.15, 0.2) is 0 Å². The molecule has 0 saturated carbocycles. The molecule has 4 nitrogen and oxygen atoms in total. The number of hydrogen-bond acceptors (Lipinski definition) is 4. The van der Waals surface area contributed by atoms with Gasteiger partial charge in [-0.3, -0.25) is 0 Å². The SMILES string of the molecule is NC(=S)c1ccc(Oc2ccc(CO)cc2)nc1. The number of hydrogen-bond donors (Lipinski definition) is 2. The smallest absolute Gasteiger partial charge is 0.219 e. The highest BCUT2D eigenvalue weighted by Crippen LogP contribution is 2.19. The average molecular weight is 260 g/mol. The topological polar surface area (TPSA) is 68.4 Å². The van der Waals surface area contributed by atoms with Crippen molar-refractivity contribution in [1.82, 2.24) is 4.98 Å². The number of thiocarbonyl (C=S) groups is 1. The van der Waals surface area contributed by atoms with Crippen molar-refractivity contribution in [3.05, 3.63) is 53.7 Å². The molecule has 18 heavy (non-hydrogen) atoms. The molecule has 0 fully saturated rings. The second-order valence-corrected chi connectivity index (χ2v) is 4.09. The number of benzene rings is 1. The first kappa shape index (κ1) is 12.5. The number of ether oxygens (including phenoxy) is 1. The summed E-state index contributed by atoms with van der Waals surface area (Å²) in [7, 11) is 0. The maximum absolute atomic E-state index is 8.92. The minimum atomic E-state index is 0.0151. The molecule has 0 unspecified atom stereocenters. The molecule has 0 aliphatic carbocycles. The van der Waals surface area contributed by atoms with Crippen LogP contribution in [0.5, 0.6) is 11.6 Å². The van der Waals surface area contributed by atoms with Crippen molar-refractivity contribution < 1.29 is 9.84 Å². The zero-order valence-electron chi connectivity index (χ0n) is 9.54. The van der Waals surface area contributed by atoms with Crippen molar-refractivity contribution in [3.8, 4) is 11.6 Å². The number of aromatic nitrogens is 1. The van der Waals surface area contributed by atoms with Crippen LogP contribution in [0.3, 0.4) is 0 Å². The summed E-state index contributed by atoms with van der Waals surface area (Å²) in [6.07, 6.45) is 1.57. The maximum atomic E-state index is 8.92. The summed E-state index contributed by atoms with van der Waals surface area (Å²) in [5.41, 5.74) is 7.01. The summed E-state index contributed by atoms with van der Waals surface area (Å²) in [5, 5.41) is 8.92. The predicted molar refractivity (Wildman–Crippen MR) is 72.6 cm³/mol. The van der Waals surface area contributed by atoms with Gasteiger partial charge >= 0.3 is 0 Å². The van der Waals surface area contributed by atoms with Gasteiger partial charge in [0.1, 0.15) is 10.7 Å². The first-order valence-corrected chi connectivity index (χ1v) is 5.73. The van der Waals surface area contributed by atoms with E-state index in [-0.39, 0.29) is 6.61 Å². The van der Waals surface area contributed by atoms with Gasteiger partial charge in [-0.25, -0.2) is 4.98 Å². The largest absolute Gasteiger partial charge is 0.439 e. The van der Waals surface area contributed by atoms with Crippen LogP contribution >= 0.6 is 12.2 Å². The molecular formula is C13H12N2O2S. The van der Waals surface area contributed by atoms with E-state index in [0.29, 0.717) is 22.2 Å². The van der Waals surface area contributed by atoms with E-state index < -0.39 is 0 Å². The zero-order valence-corrected chi connectivity index (χ0v) is 10.4. The summed E-state index contributed by atoms with van der Waals surface area (Å²) >= 11 is 4.84. The molecule has 0 bridgehead atoms. The fourth-order valence-electron chi connectivity index (χ4n) is 1.37. The Kier molecular flexibility index (Phi) is 3.86. The lowest BCUT2D eigenvalue weighted by atomic mass is 10.2. The van der Waals surface area contributed by atoms with Gasteiger partial charge in [0.25, 0.3) is 0 Å². The highest BCUT2D eigenvalue weighted by molar-refractivity contribution is 7.80. The van der Waals surface area contributed by atoms with Crippen LogP contribution in [-0.2, 0) is 6.61 Å². The van der Waals surface area contributed by atoms with Gasteiger partial charge in [0.2, 0.25) is 5.88 Å². The summed E-state index contributed by atoms with van der Waals surface area (Å²) in [5.74, 6) is 1.12. The van der Waals surface area contributed by atoms with Crippen molar-refractivity contribution in [3.63, 3.8) is 0 Å². The standard InChI is InChI=1S/C13H12N2O2S/c14-13(18)10-3-6-12(15-7-10)17-11-4-1-9(8-16)2-5-11/h1-7,16H,8H2,(H2,14,18). The number of aliphatic hydroxyl groups is 1. The van der Waals surface area contributed by atoms with Crippen molar-refractivity contribution in [1.29, 1.82) is 0 Å². The molecule has 1 aromatic heterocycles. The maximum Gasteiger partial charge on any atom is 0.219 e. The summed E-state index contributed by atoms with van der Waals surface area (Å²) in [6.45, 7) is 0.0151. The lowest BCUT2D eigenvalue weighted by molar-refractivity contribution is 0.281. The van der Waals surface area contributed by atoms with Gasteiger partial charge < -0.3 is 15.6 Å². The molecule has 0 radical (unpaired) electrons. The first-order valence-electron chi connectivity index (χ1n) is 5.32. The van der Waals surface area contributed by atoms with Gasteiger partial charge in [-0.1, -0.05) is 24.4 Å². The lowest BCUT2D eigenvalue weighted by Gasteiger charge is -2.05.